The normalized spacial score (nSPS) is 14.3. The molecule has 0 saturated carbocycles. The molecule has 0 spiro atoms. The summed E-state index contributed by atoms with van der Waals surface area (Å²) >= 11 is 0. The van der Waals surface area contributed by atoms with E-state index in [9.17, 15) is 19.4 Å². The van der Waals surface area contributed by atoms with Crippen molar-refractivity contribution in [2.75, 3.05) is 40.9 Å². The van der Waals surface area contributed by atoms with Crippen LogP contribution in [0.4, 0.5) is 0 Å². The molecule has 0 aliphatic heterocycles. The van der Waals surface area contributed by atoms with Gasteiger partial charge in [-0.2, -0.15) is 0 Å². The maximum atomic E-state index is 13.0. The summed E-state index contributed by atoms with van der Waals surface area (Å²) in [5, 5.41) is 14.1. The van der Waals surface area contributed by atoms with Gasteiger partial charge in [0.1, 0.15) is 13.2 Å². The third kappa shape index (κ3) is 55.9. The Labute approximate surface area is 447 Å². The van der Waals surface area contributed by atoms with Crippen molar-refractivity contribution in [1.29, 1.82) is 0 Å². The number of hydrogen-bond acceptors (Lipinski definition) is 5. The number of quaternary nitrogens is 1. The van der Waals surface area contributed by atoms with E-state index in [0.717, 1.165) is 77.0 Å². The number of rotatable bonds is 56. The summed E-state index contributed by atoms with van der Waals surface area (Å²) in [6.07, 6.45) is 72.8. The molecule has 1 amide bonds. The molecule has 0 rings (SSSR count). The summed E-state index contributed by atoms with van der Waals surface area (Å²) in [6, 6.07) is -0.768. The zero-order chi connectivity index (χ0) is 52.7. The van der Waals surface area contributed by atoms with Crippen molar-refractivity contribution >= 4 is 13.7 Å². The molecule has 0 aromatic carbocycles. The lowest BCUT2D eigenvalue weighted by Crippen LogP contribution is -2.46. The molecule has 3 N–H and O–H groups in total. The third-order valence-corrected chi connectivity index (χ3v) is 14.8. The van der Waals surface area contributed by atoms with E-state index >= 15 is 0 Å². The fourth-order valence-corrected chi connectivity index (χ4v) is 9.75. The Morgan fingerprint density at radius 1 is 0.486 bits per heavy atom. The molecule has 8 nitrogen and oxygen atoms in total. The maximum absolute atomic E-state index is 13.0. The minimum atomic E-state index is -4.33. The van der Waals surface area contributed by atoms with Crippen LogP contribution in [0.15, 0.2) is 60.8 Å². The molecule has 0 aromatic rings. The molecular formula is C63H120N2O6P+. The van der Waals surface area contributed by atoms with E-state index < -0.39 is 20.0 Å². The van der Waals surface area contributed by atoms with Crippen molar-refractivity contribution in [3.8, 4) is 0 Å². The number of phosphoric acid groups is 1. The van der Waals surface area contributed by atoms with Gasteiger partial charge < -0.3 is 19.8 Å². The monoisotopic (exact) mass is 1030 g/mol. The zero-order valence-corrected chi connectivity index (χ0v) is 49.1. The number of amides is 1. The first-order valence-corrected chi connectivity index (χ1v) is 32.1. The van der Waals surface area contributed by atoms with Gasteiger partial charge >= 0.3 is 7.82 Å². The number of nitrogens with one attached hydrogen (secondary N) is 1. The molecule has 72 heavy (non-hydrogen) atoms. The van der Waals surface area contributed by atoms with Crippen LogP contribution in [0.3, 0.4) is 0 Å². The maximum Gasteiger partial charge on any atom is 0.472 e. The van der Waals surface area contributed by atoms with Gasteiger partial charge in [0, 0.05) is 6.42 Å². The van der Waals surface area contributed by atoms with E-state index in [4.69, 9.17) is 9.05 Å². The van der Waals surface area contributed by atoms with Crippen LogP contribution < -0.4 is 5.32 Å². The lowest BCUT2D eigenvalue weighted by atomic mass is 10.0. The standard InChI is InChI=1S/C63H119N2O6P/c1-6-8-10-12-14-16-18-20-22-24-26-28-30-32-34-36-38-40-42-44-46-48-50-52-54-56-62(66)61(60-71-72(68,69)70-59-58-65(3,4)5)64-63(67)57-55-53-51-49-47-45-43-41-39-37-35-33-31-29-27-25-23-21-19-17-15-13-11-9-7-2/h9,11,15,17,21,23,27,29,33,35,61-62,66H,6-8,10,12-14,16,18-20,22,24-26,28,30-32,34,36-60H2,1-5H3,(H-,64,67,68,69)/p+1/b11-9-,17-15-,23-21-,29-27-,35-33-. The summed E-state index contributed by atoms with van der Waals surface area (Å²) in [5.41, 5.74) is 0. The van der Waals surface area contributed by atoms with E-state index in [2.05, 4.69) is 79.9 Å². The first kappa shape index (κ1) is 70.2. The van der Waals surface area contributed by atoms with E-state index in [0.29, 0.717) is 23.9 Å². The Morgan fingerprint density at radius 3 is 1.22 bits per heavy atom. The van der Waals surface area contributed by atoms with Gasteiger partial charge in [0.15, 0.2) is 0 Å². The van der Waals surface area contributed by atoms with Crippen molar-refractivity contribution in [3.63, 3.8) is 0 Å². The van der Waals surface area contributed by atoms with Crippen molar-refractivity contribution in [3.05, 3.63) is 60.8 Å². The first-order chi connectivity index (χ1) is 35.0. The summed E-state index contributed by atoms with van der Waals surface area (Å²) < 4.78 is 23.8. The molecule has 0 aliphatic rings. The number of nitrogens with zero attached hydrogens (tertiary/aromatic N) is 1. The number of aliphatic hydroxyl groups excluding tert-OH is 1. The van der Waals surface area contributed by atoms with Crippen LogP contribution in [-0.2, 0) is 18.4 Å². The smallest absolute Gasteiger partial charge is 0.391 e. The van der Waals surface area contributed by atoms with E-state index in [1.54, 1.807) is 0 Å². The SMILES string of the molecule is CC/C=C\C/C=C\C/C=C\C/C=C\C/C=C\CCCCCCCCCCCC(=O)NC(COP(=O)(O)OCC[N+](C)(C)C)C(O)CCCCCCCCCCCCCCCCCCCCCCCCCCC. The van der Waals surface area contributed by atoms with Crippen LogP contribution in [0.5, 0.6) is 0 Å². The van der Waals surface area contributed by atoms with Gasteiger partial charge in [0.25, 0.3) is 0 Å². The quantitative estimate of drug-likeness (QED) is 0.0243. The van der Waals surface area contributed by atoms with Crippen molar-refractivity contribution in [1.82, 2.24) is 5.32 Å². The van der Waals surface area contributed by atoms with Crippen molar-refractivity contribution in [2.45, 2.75) is 296 Å². The largest absolute Gasteiger partial charge is 0.472 e. The van der Waals surface area contributed by atoms with Crippen molar-refractivity contribution < 1.29 is 32.9 Å². The highest BCUT2D eigenvalue weighted by atomic mass is 31.2. The molecule has 0 aliphatic carbocycles. The van der Waals surface area contributed by atoms with Gasteiger partial charge in [-0.1, -0.05) is 280 Å². The topological polar surface area (TPSA) is 105 Å². The number of unbranched alkanes of at least 4 members (excludes halogenated alkanes) is 33. The Bertz CT molecular complexity index is 1360. The Morgan fingerprint density at radius 2 is 0.833 bits per heavy atom. The summed E-state index contributed by atoms with van der Waals surface area (Å²) in [6.45, 7) is 4.80. The second kappa shape index (κ2) is 54.0. The lowest BCUT2D eigenvalue weighted by Gasteiger charge is -2.26. The van der Waals surface area contributed by atoms with Gasteiger partial charge in [-0.05, 0) is 57.8 Å². The average molecular weight is 1030 g/mol. The lowest BCUT2D eigenvalue weighted by molar-refractivity contribution is -0.870. The molecule has 3 unspecified atom stereocenters. The van der Waals surface area contributed by atoms with Gasteiger partial charge in [-0.25, -0.2) is 4.57 Å². The third-order valence-electron chi connectivity index (χ3n) is 13.8. The van der Waals surface area contributed by atoms with Gasteiger partial charge in [0.2, 0.25) is 5.91 Å². The number of carbonyl (C=O) groups is 1. The van der Waals surface area contributed by atoms with Gasteiger partial charge in [-0.3, -0.25) is 13.8 Å². The molecule has 0 aromatic heterocycles. The van der Waals surface area contributed by atoms with Crippen LogP contribution in [-0.4, -0.2) is 73.4 Å². The number of carbonyl (C=O) groups excluding carboxylic acids is 1. The van der Waals surface area contributed by atoms with Gasteiger partial charge in [-0.15, -0.1) is 0 Å². The first-order valence-electron chi connectivity index (χ1n) is 30.7. The van der Waals surface area contributed by atoms with Crippen molar-refractivity contribution in [2.24, 2.45) is 0 Å². The van der Waals surface area contributed by atoms with E-state index in [-0.39, 0.29) is 19.1 Å². The second-order valence-electron chi connectivity index (χ2n) is 22.1. The number of hydrogen-bond donors (Lipinski definition) is 3. The van der Waals surface area contributed by atoms with Crippen LogP contribution in [0, 0.1) is 0 Å². The number of phosphoric ester groups is 1. The molecule has 3 atom stereocenters. The molecule has 0 saturated heterocycles. The predicted molar refractivity (Wildman–Crippen MR) is 314 cm³/mol. The Balaban J connectivity index is 4.15. The molecular weight excluding hydrogens is 912 g/mol. The zero-order valence-electron chi connectivity index (χ0n) is 48.2. The molecule has 422 valence electrons. The number of allylic oxidation sites excluding steroid dienone is 10. The van der Waals surface area contributed by atoms with Crippen LogP contribution in [0.2, 0.25) is 0 Å². The van der Waals surface area contributed by atoms with Crippen LogP contribution >= 0.6 is 7.82 Å². The molecule has 0 heterocycles. The summed E-state index contributed by atoms with van der Waals surface area (Å²) in [5.74, 6) is -0.149. The molecule has 0 radical (unpaired) electrons. The highest BCUT2D eigenvalue weighted by Crippen LogP contribution is 2.43. The molecule has 0 fully saturated rings. The van der Waals surface area contributed by atoms with E-state index in [1.807, 2.05) is 21.1 Å². The fraction of sp³-hybridized carbons (Fsp3) is 0.825. The number of aliphatic hydroxyl groups is 1. The Kier molecular flexibility index (Phi) is 52.7. The molecule has 9 heteroatoms. The minimum Gasteiger partial charge on any atom is -0.391 e. The highest BCUT2D eigenvalue weighted by Gasteiger charge is 2.28. The number of likely N-dealkylation sites (N-methyl/N-ethyl adjacent to an activating group) is 1. The highest BCUT2D eigenvalue weighted by molar-refractivity contribution is 7.47. The van der Waals surface area contributed by atoms with Crippen LogP contribution in [0.25, 0.3) is 0 Å². The minimum absolute atomic E-state index is 0.0717. The Hall–Kier alpha value is -1.80. The van der Waals surface area contributed by atoms with Gasteiger partial charge in [0.05, 0.1) is 39.9 Å². The van der Waals surface area contributed by atoms with E-state index in [1.165, 1.54) is 180 Å². The fourth-order valence-electron chi connectivity index (χ4n) is 9.02. The molecule has 0 bridgehead atoms. The summed E-state index contributed by atoms with van der Waals surface area (Å²) in [4.78, 5) is 23.4. The summed E-state index contributed by atoms with van der Waals surface area (Å²) in [7, 11) is 1.61. The second-order valence-corrected chi connectivity index (χ2v) is 23.5. The predicted octanol–water partition coefficient (Wildman–Crippen LogP) is 18.9. The van der Waals surface area contributed by atoms with Crippen LogP contribution in [0.1, 0.15) is 284 Å². The average Bonchev–Trinajstić information content (AvgIpc) is 3.34.